The fraction of sp³-hybridized carbons (Fsp3) is 0.381. The van der Waals surface area contributed by atoms with Crippen LogP contribution in [0.3, 0.4) is 0 Å². The second-order valence-corrected chi connectivity index (χ2v) is 9.79. The van der Waals surface area contributed by atoms with E-state index in [2.05, 4.69) is 20.4 Å². The van der Waals surface area contributed by atoms with Crippen LogP contribution in [0.25, 0.3) is 5.78 Å². The first kappa shape index (κ1) is 26.6. The van der Waals surface area contributed by atoms with Crippen LogP contribution in [-0.2, 0) is 27.9 Å². The van der Waals surface area contributed by atoms with Gasteiger partial charge < -0.3 is 14.6 Å². The van der Waals surface area contributed by atoms with E-state index in [4.69, 9.17) is 9.47 Å². The number of halogens is 3. The number of rotatable bonds is 9. The average Bonchev–Trinajstić information content (AvgIpc) is 3.24. The van der Waals surface area contributed by atoms with Crippen molar-refractivity contribution in [1.29, 1.82) is 0 Å². The quantitative estimate of drug-likeness (QED) is 0.386. The van der Waals surface area contributed by atoms with Gasteiger partial charge in [-0.25, -0.2) is 14.3 Å². The SMILES string of the molecule is COCc1nc2ncc(OC)cn2c1C(O)NCc1ccc(N2CCN(S(=O)(=O)C(F)(F)F)C=N2)cc1. The molecule has 0 amide bonds. The van der Waals surface area contributed by atoms with Crippen molar-refractivity contribution in [3.63, 3.8) is 0 Å². The van der Waals surface area contributed by atoms with Gasteiger partial charge in [0.25, 0.3) is 0 Å². The lowest BCUT2D eigenvalue weighted by Gasteiger charge is -2.29. The number of ether oxygens (including phenoxy) is 2. The summed E-state index contributed by atoms with van der Waals surface area (Å²) < 4.78 is 73.4. The summed E-state index contributed by atoms with van der Waals surface area (Å²) in [5.74, 6) is 0.856. The molecule has 0 radical (unpaired) electrons. The van der Waals surface area contributed by atoms with Gasteiger partial charge in [0.2, 0.25) is 5.78 Å². The Kier molecular flexibility index (Phi) is 7.54. The van der Waals surface area contributed by atoms with Crippen LogP contribution in [-0.4, -0.2) is 71.4 Å². The number of alkyl halides is 3. The van der Waals surface area contributed by atoms with Crippen molar-refractivity contribution in [2.45, 2.75) is 24.9 Å². The Bertz CT molecular complexity index is 1380. The predicted octanol–water partition coefficient (Wildman–Crippen LogP) is 1.58. The molecule has 200 valence electrons. The maximum absolute atomic E-state index is 12.7. The van der Waals surface area contributed by atoms with E-state index in [-0.39, 0.29) is 24.0 Å². The van der Waals surface area contributed by atoms with E-state index in [1.807, 2.05) is 0 Å². The summed E-state index contributed by atoms with van der Waals surface area (Å²) in [6.45, 7) is -0.0361. The van der Waals surface area contributed by atoms with Crippen LogP contribution in [0.1, 0.15) is 23.2 Å². The number of hydrogen-bond donors (Lipinski definition) is 2. The number of fused-ring (bicyclic) bond motifs is 1. The molecule has 0 saturated heterocycles. The number of hydrogen-bond acceptors (Lipinski definition) is 10. The average molecular weight is 544 g/mol. The Morgan fingerprint density at radius 2 is 1.92 bits per heavy atom. The van der Waals surface area contributed by atoms with E-state index in [0.29, 0.717) is 34.9 Å². The molecule has 16 heteroatoms. The normalized spacial score (nSPS) is 15.4. The Morgan fingerprint density at radius 3 is 2.51 bits per heavy atom. The third-order valence-corrected chi connectivity index (χ3v) is 7.01. The molecule has 1 aliphatic heterocycles. The van der Waals surface area contributed by atoms with Gasteiger partial charge >= 0.3 is 15.5 Å². The molecule has 37 heavy (non-hydrogen) atoms. The number of imidazole rings is 1. The smallest absolute Gasteiger partial charge is 0.494 e. The minimum absolute atomic E-state index is 0.0593. The molecule has 2 N–H and O–H groups in total. The molecule has 1 atom stereocenters. The fourth-order valence-electron chi connectivity index (χ4n) is 3.65. The standard InChI is InChI=1S/C21H24F3N7O5S/c1-35-12-17-18(30-11-16(36-2)10-26-20(30)28-17)19(32)25-9-14-3-5-15(6-4-14)31-8-7-29(13-27-31)37(33,34)21(22,23)24/h3-6,10-11,13,19,25,32H,7-9,12H2,1-2H3. The van der Waals surface area contributed by atoms with Crippen molar-refractivity contribution in [2.24, 2.45) is 5.10 Å². The molecule has 0 spiro atoms. The Balaban J connectivity index is 1.43. The number of nitrogens with zero attached hydrogens (tertiary/aromatic N) is 6. The molecule has 0 aliphatic carbocycles. The van der Waals surface area contributed by atoms with Crippen LogP contribution >= 0.6 is 0 Å². The van der Waals surface area contributed by atoms with Gasteiger partial charge in [0.05, 0.1) is 56.3 Å². The Labute approximate surface area is 210 Å². The second kappa shape index (κ2) is 10.5. The molecule has 1 aliphatic rings. The molecule has 0 bridgehead atoms. The van der Waals surface area contributed by atoms with Crippen LogP contribution in [0.2, 0.25) is 0 Å². The molecule has 0 fully saturated rings. The Hall–Kier alpha value is -3.47. The zero-order chi connectivity index (χ0) is 26.8. The van der Waals surface area contributed by atoms with E-state index >= 15 is 0 Å². The highest BCUT2D eigenvalue weighted by Gasteiger charge is 2.50. The first-order chi connectivity index (χ1) is 17.5. The predicted molar refractivity (Wildman–Crippen MR) is 126 cm³/mol. The van der Waals surface area contributed by atoms with Crippen LogP contribution in [0.15, 0.2) is 41.8 Å². The minimum Gasteiger partial charge on any atom is -0.494 e. The number of methoxy groups -OCH3 is 2. The monoisotopic (exact) mass is 543 g/mol. The number of aliphatic hydroxyl groups is 1. The highest BCUT2D eigenvalue weighted by atomic mass is 32.2. The molecular formula is C21H24F3N7O5S. The lowest BCUT2D eigenvalue weighted by Crippen LogP contribution is -2.46. The summed E-state index contributed by atoms with van der Waals surface area (Å²) in [5.41, 5.74) is -3.09. The largest absolute Gasteiger partial charge is 0.516 e. The highest BCUT2D eigenvalue weighted by molar-refractivity contribution is 7.90. The van der Waals surface area contributed by atoms with E-state index in [1.54, 1.807) is 34.9 Å². The molecule has 12 nitrogen and oxygen atoms in total. The van der Waals surface area contributed by atoms with Crippen LogP contribution in [0, 0.1) is 0 Å². The summed E-state index contributed by atoms with van der Waals surface area (Å²) in [7, 11) is -2.45. The third-order valence-electron chi connectivity index (χ3n) is 5.53. The van der Waals surface area contributed by atoms with Gasteiger partial charge in [0.15, 0.2) is 5.75 Å². The van der Waals surface area contributed by atoms with Crippen molar-refractivity contribution < 1.29 is 36.2 Å². The molecular weight excluding hydrogens is 519 g/mol. The number of hydrazone groups is 1. The van der Waals surface area contributed by atoms with Crippen LogP contribution in [0.4, 0.5) is 18.9 Å². The maximum atomic E-state index is 12.7. The Morgan fingerprint density at radius 1 is 1.19 bits per heavy atom. The van der Waals surface area contributed by atoms with E-state index in [1.165, 1.54) is 25.4 Å². The van der Waals surface area contributed by atoms with Crippen molar-refractivity contribution >= 4 is 27.8 Å². The first-order valence-electron chi connectivity index (χ1n) is 10.8. The maximum Gasteiger partial charge on any atom is 0.516 e. The number of nitrogens with one attached hydrogen (secondary N) is 1. The van der Waals surface area contributed by atoms with Gasteiger partial charge in [-0.1, -0.05) is 12.1 Å². The van der Waals surface area contributed by atoms with E-state index in [0.717, 1.165) is 5.56 Å². The lowest BCUT2D eigenvalue weighted by atomic mass is 10.2. The first-order valence-corrected chi connectivity index (χ1v) is 12.3. The summed E-state index contributed by atoms with van der Waals surface area (Å²) in [6.07, 6.45) is 2.70. The van der Waals surface area contributed by atoms with Crippen molar-refractivity contribution in [1.82, 2.24) is 24.0 Å². The zero-order valence-corrected chi connectivity index (χ0v) is 20.6. The summed E-state index contributed by atoms with van der Waals surface area (Å²) in [5, 5.41) is 19.1. The van der Waals surface area contributed by atoms with Gasteiger partial charge in [0, 0.05) is 13.7 Å². The molecule has 1 aromatic carbocycles. The molecule has 3 aromatic rings. The van der Waals surface area contributed by atoms with Crippen molar-refractivity contribution in [3.05, 3.63) is 53.6 Å². The lowest BCUT2D eigenvalue weighted by molar-refractivity contribution is -0.0471. The van der Waals surface area contributed by atoms with Gasteiger partial charge in [-0.15, -0.1) is 0 Å². The molecule has 2 aromatic heterocycles. The second-order valence-electron chi connectivity index (χ2n) is 7.91. The number of aromatic nitrogens is 3. The van der Waals surface area contributed by atoms with Gasteiger partial charge in [-0.05, 0) is 17.7 Å². The topological polar surface area (TPSA) is 134 Å². The number of anilines is 1. The number of benzene rings is 1. The van der Waals surface area contributed by atoms with E-state index in [9.17, 15) is 26.7 Å². The zero-order valence-electron chi connectivity index (χ0n) is 19.8. The van der Waals surface area contributed by atoms with Gasteiger partial charge in [0.1, 0.15) is 12.6 Å². The fourth-order valence-corrected chi connectivity index (χ4v) is 4.41. The highest BCUT2D eigenvalue weighted by Crippen LogP contribution is 2.28. The summed E-state index contributed by atoms with van der Waals surface area (Å²) in [6, 6.07) is 6.87. The molecule has 1 unspecified atom stereocenters. The summed E-state index contributed by atoms with van der Waals surface area (Å²) in [4.78, 5) is 8.62. The van der Waals surface area contributed by atoms with Crippen molar-refractivity contribution in [2.75, 3.05) is 32.3 Å². The van der Waals surface area contributed by atoms with Gasteiger partial charge in [-0.3, -0.25) is 14.7 Å². The van der Waals surface area contributed by atoms with E-state index < -0.39 is 28.3 Å². The number of sulfonamides is 1. The minimum atomic E-state index is -5.47. The molecule has 4 rings (SSSR count). The summed E-state index contributed by atoms with van der Waals surface area (Å²) >= 11 is 0. The van der Waals surface area contributed by atoms with Crippen molar-refractivity contribution in [3.8, 4) is 5.75 Å². The molecule has 3 heterocycles. The number of aliphatic hydroxyl groups excluding tert-OH is 1. The third kappa shape index (κ3) is 5.46. The van der Waals surface area contributed by atoms with Gasteiger partial charge in [-0.2, -0.15) is 26.7 Å². The van der Waals surface area contributed by atoms with Crippen LogP contribution in [0.5, 0.6) is 5.75 Å². The van der Waals surface area contributed by atoms with Crippen LogP contribution < -0.4 is 15.1 Å². The molecule has 0 saturated carbocycles.